The Kier molecular flexibility index (Phi) is 30.3. The van der Waals surface area contributed by atoms with E-state index in [1.807, 2.05) is 0 Å². The van der Waals surface area contributed by atoms with Gasteiger partial charge in [0.05, 0.1) is 35.3 Å². The maximum Gasteiger partial charge on any atom is 0.312 e. The lowest BCUT2D eigenvalue weighted by Gasteiger charge is -2.24. The quantitative estimate of drug-likeness (QED) is 0.0725. The normalized spacial score (nSPS) is 11.3. The largest absolute Gasteiger partial charge is 0.312 e. The fourth-order valence-electron chi connectivity index (χ4n) is 21.2. The molecule has 0 aliphatic rings. The molecule has 0 amide bonds. The van der Waals surface area contributed by atoms with E-state index in [0.29, 0.717) is 29.6 Å². The number of fused-ring (bicyclic) bond motifs is 2. The predicted molar refractivity (Wildman–Crippen MR) is 601 cm³/mol. The number of hydrogen-bond donors (Lipinski definition) is 0. The third-order valence-corrected chi connectivity index (χ3v) is 28.4. The van der Waals surface area contributed by atoms with E-state index in [1.54, 1.807) is 0 Å². The van der Waals surface area contributed by atoms with Crippen LogP contribution in [0.25, 0.3) is 147 Å². The fraction of sp³-hybridized carbons (Fsp3) is 0.211. The SMILES string of the molecule is Cc1c(-c2n(-c3ccccc3)c3ccccc3[n+]2C)n(-c2c(-c3ccccc3)cccc2-c2ccccc2)c2ccccc12.Cc1cc(C)c(-n2ccc(C)c2-c2cccc[n+]2C)c(C)c1.Cc1ccn(-c2c(C(C)C)cc(-c3ccccc3)cc2C(C)C)c1-c1cccc[n+]1C.Cc1ccn(-c2c(C(C)C)cccc2C(C)C)c1-c1cccc[n+]1C.Cc1ccn(-c2ccccc2C(C)C)c1-c1cccc[n+]1C. The first-order valence-corrected chi connectivity index (χ1v) is 51.1. The molecule has 144 heavy (non-hydrogen) atoms. The molecule has 0 aliphatic heterocycles. The van der Waals surface area contributed by atoms with E-state index in [-0.39, 0.29) is 0 Å². The summed E-state index contributed by atoms with van der Waals surface area (Å²) >= 11 is 0. The molecular weight excluding hydrogens is 1750 g/mol. The van der Waals surface area contributed by atoms with Gasteiger partial charge in [-0.25, -0.2) is 4.57 Å². The van der Waals surface area contributed by atoms with E-state index in [0.717, 1.165) is 11.5 Å². The number of rotatable bonds is 19. The average Bonchev–Trinajstić information content (AvgIpc) is 1.55. The number of pyridine rings is 4. The summed E-state index contributed by atoms with van der Waals surface area (Å²) in [6, 6.07) is 126. The van der Waals surface area contributed by atoms with Gasteiger partial charge in [0, 0.05) is 95.5 Å². The van der Waals surface area contributed by atoms with E-state index in [4.69, 9.17) is 0 Å². The van der Waals surface area contributed by atoms with Crippen molar-refractivity contribution in [3.8, 4) is 125 Å². The zero-order chi connectivity index (χ0) is 101. The number of nitrogens with zero attached hydrogens (tertiary/aromatic N) is 11. The van der Waals surface area contributed by atoms with Crippen molar-refractivity contribution in [2.24, 2.45) is 35.2 Å². The summed E-state index contributed by atoms with van der Waals surface area (Å²) in [5.41, 5.74) is 46.9. The zero-order valence-electron chi connectivity index (χ0n) is 88.4. The summed E-state index contributed by atoms with van der Waals surface area (Å²) in [5, 5.41) is 1.24. The minimum Gasteiger partial charge on any atom is -0.311 e. The maximum absolute atomic E-state index is 2.52. The second-order valence-corrected chi connectivity index (χ2v) is 40.2. The van der Waals surface area contributed by atoms with Crippen LogP contribution in [0.2, 0.25) is 0 Å². The van der Waals surface area contributed by atoms with E-state index >= 15 is 0 Å². The summed E-state index contributed by atoms with van der Waals surface area (Å²) in [7, 11) is 10.6. The molecule has 0 saturated carbocycles. The Labute approximate surface area is 854 Å². The highest BCUT2D eigenvalue weighted by Crippen LogP contribution is 2.47. The molecule has 0 N–H and O–H groups in total. The highest BCUT2D eigenvalue weighted by molar-refractivity contribution is 5.98. The Morgan fingerprint density at radius 1 is 0.236 bits per heavy atom. The standard InChI is InChI=1S/C41H32N3.C29H33N2.C23H29N2.2C20H23N2/c1-29-33-23-12-13-26-36(33)44(39(29)41-42(2)37-27-14-15-28-38(37)43(41)32-21-10-5-11-22-32)40-34(30-17-6-3-7-18-30)24-16-25-35(40)31-19-8-4-9-20-31;1-20(2)25-18-24(23-12-8-7-9-13-23)19-26(21(3)4)29(25)31-17-15-22(5)28(31)27-14-10-11-16-30(27)6;1-16(2)19-10-9-11-20(17(3)4)23(19)25-15-13-18(5)22(25)21-12-7-8-14-24(21)6;1-14-12-16(3)19(17(4)13-14)22-11-9-15(2)20(22)18-8-6-7-10-21(18)5;1-15(2)17-9-5-6-10-18(17)22-14-12-16(3)20(22)19-11-7-8-13-21(19)4/h3-28H,1-2H3;7-21H,1-6H3;7-17H,1-6H3;6-13H,1-5H3;5-15H,1-4H3/q5*+1. The average molecular weight is 1890 g/mol. The Hall–Kier alpha value is -15.9. The first-order valence-electron chi connectivity index (χ1n) is 51.1. The lowest BCUT2D eigenvalue weighted by molar-refractivity contribution is -0.660. The minimum absolute atomic E-state index is 0.413. The molecule has 0 spiro atoms. The molecule has 11 heteroatoms. The van der Waals surface area contributed by atoms with Crippen LogP contribution in [0.4, 0.5) is 0 Å². The van der Waals surface area contributed by atoms with Gasteiger partial charge >= 0.3 is 5.82 Å². The Bertz CT molecular complexity index is 7980. The zero-order valence-corrected chi connectivity index (χ0v) is 88.4. The van der Waals surface area contributed by atoms with Crippen LogP contribution in [0.15, 0.2) is 401 Å². The van der Waals surface area contributed by atoms with Crippen molar-refractivity contribution in [3.63, 3.8) is 0 Å². The highest BCUT2D eigenvalue weighted by atomic mass is 15.2. The van der Waals surface area contributed by atoms with Crippen LogP contribution in [0.1, 0.15) is 171 Å². The van der Waals surface area contributed by atoms with E-state index in [2.05, 4.69) is 612 Å². The van der Waals surface area contributed by atoms with Gasteiger partial charge in [-0.05, 0) is 271 Å². The fourth-order valence-corrected chi connectivity index (χ4v) is 21.2. The summed E-state index contributed by atoms with van der Waals surface area (Å²) < 4.78 is 25.5. The van der Waals surface area contributed by atoms with Gasteiger partial charge in [0.15, 0.2) is 35.8 Å². The van der Waals surface area contributed by atoms with Crippen LogP contribution in [0.3, 0.4) is 0 Å². The van der Waals surface area contributed by atoms with Crippen molar-refractivity contribution in [1.82, 2.24) is 27.4 Å². The summed E-state index contributed by atoms with van der Waals surface area (Å²) in [6.07, 6.45) is 17.3. The van der Waals surface area contributed by atoms with E-state index < -0.39 is 0 Å². The molecule has 0 atom stereocenters. The van der Waals surface area contributed by atoms with Crippen LogP contribution in [0, 0.1) is 55.4 Å². The Morgan fingerprint density at radius 2 is 0.576 bits per heavy atom. The lowest BCUT2D eigenvalue weighted by Crippen LogP contribution is -2.31. The van der Waals surface area contributed by atoms with Crippen LogP contribution in [0.5, 0.6) is 0 Å². The molecule has 10 heterocycles. The molecule has 11 nitrogen and oxygen atoms in total. The number of hydrogen-bond acceptors (Lipinski definition) is 0. The number of para-hydroxylation sites is 7. The number of aromatic nitrogens is 11. The molecule has 722 valence electrons. The minimum atomic E-state index is 0.413. The van der Waals surface area contributed by atoms with Crippen molar-refractivity contribution >= 4 is 21.9 Å². The molecule has 0 radical (unpaired) electrons. The Morgan fingerprint density at radius 3 is 1.01 bits per heavy atom. The van der Waals surface area contributed by atoms with Gasteiger partial charge in [0.25, 0.3) is 0 Å². The van der Waals surface area contributed by atoms with Gasteiger partial charge in [0.2, 0.25) is 22.8 Å². The van der Waals surface area contributed by atoms with Crippen LogP contribution in [-0.2, 0) is 35.2 Å². The van der Waals surface area contributed by atoms with Gasteiger partial charge in [-0.3, -0.25) is 0 Å². The van der Waals surface area contributed by atoms with Gasteiger partial charge in [0.1, 0.15) is 62.3 Å². The smallest absolute Gasteiger partial charge is 0.311 e. The van der Waals surface area contributed by atoms with Crippen molar-refractivity contribution in [2.75, 3.05) is 0 Å². The topological polar surface area (TPSA) is 49.0 Å². The molecule has 0 aliphatic carbocycles. The molecule has 21 rings (SSSR count). The maximum atomic E-state index is 2.52. The van der Waals surface area contributed by atoms with Crippen LogP contribution >= 0.6 is 0 Å². The Balaban J connectivity index is 0.000000127. The molecule has 0 unspecified atom stereocenters. The molecule has 11 aromatic carbocycles. The number of imidazole rings is 1. The van der Waals surface area contributed by atoms with Crippen LogP contribution < -0.4 is 22.8 Å². The second-order valence-electron chi connectivity index (χ2n) is 40.2. The summed E-state index contributed by atoms with van der Waals surface area (Å²) in [5.74, 6) is 3.42. The molecule has 0 bridgehead atoms. The molecular formula is C133H140N11+5. The number of aryl methyl sites for hydroxylation is 13. The molecule has 21 aromatic rings. The van der Waals surface area contributed by atoms with Crippen molar-refractivity contribution in [3.05, 3.63) is 474 Å². The second kappa shape index (κ2) is 43.7. The molecule has 10 aromatic heterocycles. The number of benzene rings is 11. The van der Waals surface area contributed by atoms with Crippen molar-refractivity contribution < 1.29 is 22.8 Å². The predicted octanol–water partition coefficient (Wildman–Crippen LogP) is 31.0. The van der Waals surface area contributed by atoms with E-state index in [9.17, 15) is 0 Å². The summed E-state index contributed by atoms with van der Waals surface area (Å²) in [4.78, 5) is 0. The third-order valence-electron chi connectivity index (χ3n) is 28.4. The first kappa shape index (κ1) is 99.7. The lowest BCUT2D eigenvalue weighted by atomic mass is 9.88. The van der Waals surface area contributed by atoms with Crippen molar-refractivity contribution in [2.45, 2.75) is 154 Å². The third kappa shape index (κ3) is 20.1. The highest BCUT2D eigenvalue weighted by Gasteiger charge is 2.35. The van der Waals surface area contributed by atoms with Gasteiger partial charge in [-0.15, -0.1) is 0 Å². The van der Waals surface area contributed by atoms with E-state index in [1.165, 1.54) is 207 Å². The van der Waals surface area contributed by atoms with Crippen molar-refractivity contribution in [1.29, 1.82) is 0 Å². The monoisotopic (exact) mass is 1890 g/mol. The van der Waals surface area contributed by atoms with Crippen LogP contribution in [-0.4, -0.2) is 27.4 Å². The molecule has 0 fully saturated rings. The van der Waals surface area contributed by atoms with Gasteiger partial charge in [-0.1, -0.05) is 281 Å². The van der Waals surface area contributed by atoms with Gasteiger partial charge < -0.3 is 22.8 Å². The summed E-state index contributed by atoms with van der Waals surface area (Å²) in [6.45, 7) is 40.4. The van der Waals surface area contributed by atoms with Gasteiger partial charge in [-0.2, -0.15) is 22.8 Å². The molecule has 0 saturated heterocycles. The first-order chi connectivity index (χ1) is 69.6.